The predicted octanol–water partition coefficient (Wildman–Crippen LogP) is 0.676. The Bertz CT molecular complexity index is 900. The minimum Gasteiger partial charge on any atom is -0.506 e. The summed E-state index contributed by atoms with van der Waals surface area (Å²) in [6.45, 7) is 0. The number of aromatic hydroxyl groups is 1. The molecule has 0 unspecified atom stereocenters. The number of nitrogens with one attached hydrogen (secondary N) is 1. The molecule has 7 nitrogen and oxygen atoms in total. The molecule has 0 atom stereocenters. The summed E-state index contributed by atoms with van der Waals surface area (Å²) in [6, 6.07) is 5.96. The number of amides is 2. The molecular formula is C12H7NO6S. The number of fused-ring (bicyclic) bond motifs is 3. The highest BCUT2D eigenvalue weighted by Crippen LogP contribution is 2.39. The van der Waals surface area contributed by atoms with E-state index >= 15 is 0 Å². The molecule has 1 aliphatic heterocycles. The minimum atomic E-state index is -4.87. The van der Waals surface area contributed by atoms with Gasteiger partial charge < -0.3 is 5.11 Å². The first-order chi connectivity index (χ1) is 9.32. The van der Waals surface area contributed by atoms with Crippen LogP contribution in [0.25, 0.3) is 10.8 Å². The van der Waals surface area contributed by atoms with Gasteiger partial charge in [0, 0.05) is 5.39 Å². The first-order valence-corrected chi connectivity index (χ1v) is 6.87. The summed E-state index contributed by atoms with van der Waals surface area (Å²) in [5.41, 5.74) is -0.704. The highest BCUT2D eigenvalue weighted by atomic mass is 32.2. The van der Waals surface area contributed by atoms with Crippen molar-refractivity contribution in [2.45, 2.75) is 4.90 Å². The van der Waals surface area contributed by atoms with Crippen molar-refractivity contribution < 1.29 is 27.7 Å². The highest BCUT2D eigenvalue weighted by Gasteiger charge is 2.38. The lowest BCUT2D eigenvalue weighted by Gasteiger charge is -2.10. The molecule has 3 N–H and O–H groups in total. The number of hydrogen-bond donors (Lipinski definition) is 3. The lowest BCUT2D eigenvalue weighted by Crippen LogP contribution is -2.20. The van der Waals surface area contributed by atoms with Crippen LogP contribution in [0, 0.1) is 0 Å². The van der Waals surface area contributed by atoms with Crippen molar-refractivity contribution in [1.29, 1.82) is 0 Å². The van der Waals surface area contributed by atoms with Gasteiger partial charge in [0.05, 0.1) is 11.1 Å². The van der Waals surface area contributed by atoms with Gasteiger partial charge in [0.15, 0.2) is 0 Å². The monoisotopic (exact) mass is 293 g/mol. The second-order valence-corrected chi connectivity index (χ2v) is 5.59. The summed E-state index contributed by atoms with van der Waals surface area (Å²) in [6.07, 6.45) is 0. The maximum Gasteiger partial charge on any atom is 0.299 e. The van der Waals surface area contributed by atoms with Crippen molar-refractivity contribution in [1.82, 2.24) is 5.32 Å². The van der Waals surface area contributed by atoms with Crippen molar-refractivity contribution in [2.24, 2.45) is 0 Å². The molecule has 0 aromatic heterocycles. The van der Waals surface area contributed by atoms with Crippen LogP contribution in [0.2, 0.25) is 0 Å². The van der Waals surface area contributed by atoms with Gasteiger partial charge in [0.1, 0.15) is 10.6 Å². The zero-order chi connectivity index (χ0) is 14.7. The Hall–Kier alpha value is -2.45. The maximum absolute atomic E-state index is 11.8. The maximum atomic E-state index is 11.8. The van der Waals surface area contributed by atoms with Crippen molar-refractivity contribution >= 4 is 32.7 Å². The summed E-state index contributed by atoms with van der Waals surface area (Å²) in [7, 11) is -4.87. The lowest BCUT2D eigenvalue weighted by molar-refractivity contribution is 0.0878. The first kappa shape index (κ1) is 12.6. The molecule has 0 aliphatic carbocycles. The fourth-order valence-electron chi connectivity index (χ4n) is 2.33. The third kappa shape index (κ3) is 1.52. The average molecular weight is 293 g/mol. The van der Waals surface area contributed by atoms with Gasteiger partial charge >= 0.3 is 0 Å². The van der Waals surface area contributed by atoms with Crippen LogP contribution in [0.5, 0.6) is 5.75 Å². The fourth-order valence-corrected chi connectivity index (χ4v) is 3.14. The summed E-state index contributed by atoms with van der Waals surface area (Å²) in [4.78, 5) is 22.6. The van der Waals surface area contributed by atoms with Crippen LogP contribution in [0.3, 0.4) is 0 Å². The molecule has 0 saturated heterocycles. The van der Waals surface area contributed by atoms with Gasteiger partial charge in [0.25, 0.3) is 21.9 Å². The van der Waals surface area contributed by atoms with Gasteiger partial charge in [-0.15, -0.1) is 0 Å². The van der Waals surface area contributed by atoms with Crippen LogP contribution in [-0.2, 0) is 10.1 Å². The Kier molecular flexibility index (Phi) is 2.38. The molecule has 0 saturated carbocycles. The zero-order valence-electron chi connectivity index (χ0n) is 9.75. The topological polar surface area (TPSA) is 121 Å². The van der Waals surface area contributed by atoms with E-state index in [0.717, 1.165) is 0 Å². The quantitative estimate of drug-likeness (QED) is 0.525. The van der Waals surface area contributed by atoms with E-state index in [0.29, 0.717) is 0 Å². The number of phenolic OH excluding ortho intramolecular Hbond substituents is 1. The number of carbonyl (C=O) groups excluding carboxylic acids is 2. The Morgan fingerprint density at radius 3 is 2.10 bits per heavy atom. The van der Waals surface area contributed by atoms with E-state index in [-0.39, 0.29) is 16.3 Å². The second kappa shape index (κ2) is 3.78. The molecule has 20 heavy (non-hydrogen) atoms. The zero-order valence-corrected chi connectivity index (χ0v) is 10.6. The number of benzene rings is 2. The Morgan fingerprint density at radius 1 is 0.950 bits per heavy atom. The standard InChI is InChI=1S/C12H7NO6S/c14-9-6-4-2-1-3-5(6)7-8(10(9)20(17,18)19)12(16)13-11(7)15/h1-4,14H,(H,13,15,16)(H,17,18,19). The molecule has 2 aromatic carbocycles. The molecule has 102 valence electrons. The molecule has 3 rings (SSSR count). The molecule has 0 bridgehead atoms. The van der Waals surface area contributed by atoms with Crippen LogP contribution in [0.1, 0.15) is 20.7 Å². The number of phenols is 1. The average Bonchev–Trinajstić information content (AvgIpc) is 2.64. The normalized spacial score (nSPS) is 14.4. The van der Waals surface area contributed by atoms with Crippen LogP contribution >= 0.6 is 0 Å². The van der Waals surface area contributed by atoms with E-state index < -0.39 is 38.1 Å². The van der Waals surface area contributed by atoms with Gasteiger partial charge in [0.2, 0.25) is 0 Å². The van der Waals surface area contributed by atoms with Crippen molar-refractivity contribution in [3.63, 3.8) is 0 Å². The molecule has 2 aromatic rings. The third-order valence-electron chi connectivity index (χ3n) is 3.08. The Balaban J connectivity index is 2.66. The Labute approximate surface area is 112 Å². The molecule has 1 heterocycles. The SMILES string of the molecule is O=C1NC(=O)c2c1c(S(=O)(=O)O)c(O)c1ccccc21. The van der Waals surface area contributed by atoms with Crippen LogP contribution in [0.15, 0.2) is 29.2 Å². The van der Waals surface area contributed by atoms with Crippen molar-refractivity contribution in [3.05, 3.63) is 35.4 Å². The fraction of sp³-hybridized carbons (Fsp3) is 0. The van der Waals surface area contributed by atoms with Gasteiger partial charge in [-0.25, -0.2) is 0 Å². The molecule has 0 spiro atoms. The number of hydrogen-bond acceptors (Lipinski definition) is 5. The third-order valence-corrected chi connectivity index (χ3v) is 4.00. The van der Waals surface area contributed by atoms with Gasteiger partial charge in [-0.3, -0.25) is 19.5 Å². The van der Waals surface area contributed by atoms with E-state index in [9.17, 15) is 27.7 Å². The largest absolute Gasteiger partial charge is 0.506 e. The summed E-state index contributed by atoms with van der Waals surface area (Å²) in [5, 5.41) is 12.3. The van der Waals surface area contributed by atoms with E-state index in [4.69, 9.17) is 0 Å². The molecule has 0 radical (unpaired) electrons. The second-order valence-electron chi connectivity index (χ2n) is 4.23. The predicted molar refractivity (Wildman–Crippen MR) is 67.2 cm³/mol. The van der Waals surface area contributed by atoms with E-state index in [1.165, 1.54) is 18.2 Å². The van der Waals surface area contributed by atoms with Gasteiger partial charge in [-0.2, -0.15) is 8.42 Å². The van der Waals surface area contributed by atoms with Gasteiger partial charge in [-0.1, -0.05) is 24.3 Å². The first-order valence-electron chi connectivity index (χ1n) is 5.43. The minimum absolute atomic E-state index is 0.0590. The van der Waals surface area contributed by atoms with Crippen LogP contribution in [-0.4, -0.2) is 29.9 Å². The molecule has 8 heteroatoms. The lowest BCUT2D eigenvalue weighted by atomic mass is 9.99. The Morgan fingerprint density at radius 2 is 1.50 bits per heavy atom. The molecular weight excluding hydrogens is 286 g/mol. The van der Waals surface area contributed by atoms with Crippen molar-refractivity contribution in [3.8, 4) is 5.75 Å². The summed E-state index contributed by atoms with van der Waals surface area (Å²) < 4.78 is 32.0. The van der Waals surface area contributed by atoms with Crippen molar-refractivity contribution in [2.75, 3.05) is 0 Å². The van der Waals surface area contributed by atoms with E-state index in [1.807, 2.05) is 5.32 Å². The number of imide groups is 1. The van der Waals surface area contributed by atoms with E-state index in [1.54, 1.807) is 6.07 Å². The number of rotatable bonds is 1. The van der Waals surface area contributed by atoms with Gasteiger partial charge in [-0.05, 0) is 5.39 Å². The molecule has 2 amide bonds. The highest BCUT2D eigenvalue weighted by molar-refractivity contribution is 7.86. The smallest absolute Gasteiger partial charge is 0.299 e. The van der Waals surface area contributed by atoms with Crippen LogP contribution in [0.4, 0.5) is 0 Å². The summed E-state index contributed by atoms with van der Waals surface area (Å²) >= 11 is 0. The summed E-state index contributed by atoms with van der Waals surface area (Å²) in [5.74, 6) is -2.50. The molecule has 1 aliphatic rings. The van der Waals surface area contributed by atoms with E-state index in [2.05, 4.69) is 0 Å². The number of carbonyl (C=O) groups is 2. The van der Waals surface area contributed by atoms with Crippen LogP contribution < -0.4 is 5.32 Å². The molecule has 0 fully saturated rings.